The first-order chi connectivity index (χ1) is 8.07. The molecule has 1 saturated heterocycles. The van der Waals surface area contributed by atoms with Crippen molar-refractivity contribution in [3.8, 4) is 0 Å². The number of methoxy groups -OCH3 is 1. The van der Waals surface area contributed by atoms with E-state index in [2.05, 4.69) is 4.74 Å². The van der Waals surface area contributed by atoms with Gasteiger partial charge in [-0.1, -0.05) is 0 Å². The molecule has 5 nitrogen and oxygen atoms in total. The highest BCUT2D eigenvalue weighted by molar-refractivity contribution is 5.98. The van der Waals surface area contributed by atoms with Gasteiger partial charge < -0.3 is 9.47 Å². The van der Waals surface area contributed by atoms with Crippen molar-refractivity contribution >= 4 is 17.5 Å². The van der Waals surface area contributed by atoms with Gasteiger partial charge in [0.15, 0.2) is 11.6 Å². The van der Waals surface area contributed by atoms with Crippen LogP contribution in [0.1, 0.15) is 19.3 Å². The first kappa shape index (κ1) is 12.0. The van der Waals surface area contributed by atoms with Crippen LogP contribution in [-0.2, 0) is 23.9 Å². The molecule has 0 radical (unpaired) electrons. The van der Waals surface area contributed by atoms with Crippen LogP contribution < -0.4 is 0 Å². The van der Waals surface area contributed by atoms with E-state index >= 15 is 0 Å². The lowest BCUT2D eigenvalue weighted by molar-refractivity contribution is -0.142. The number of hydrogen-bond acceptors (Lipinski definition) is 5. The molecule has 2 atom stereocenters. The van der Waals surface area contributed by atoms with Crippen LogP contribution >= 0.6 is 0 Å². The molecule has 1 aliphatic heterocycles. The molecule has 92 valence electrons. The van der Waals surface area contributed by atoms with Crippen molar-refractivity contribution in [3.63, 3.8) is 0 Å². The van der Waals surface area contributed by atoms with Crippen molar-refractivity contribution in [3.05, 3.63) is 12.2 Å². The normalized spacial score (nSPS) is 31.5. The smallest absolute Gasteiger partial charge is 0.305 e. The van der Waals surface area contributed by atoms with Crippen molar-refractivity contribution in [1.82, 2.24) is 0 Å². The lowest BCUT2D eigenvalue weighted by atomic mass is 9.76. The average molecular weight is 238 g/mol. The number of Topliss-reactive ketones (excluding diaryl/α,β-unsaturated/α-hetero) is 1. The molecule has 1 heterocycles. The van der Waals surface area contributed by atoms with Gasteiger partial charge >= 0.3 is 5.97 Å². The Kier molecular flexibility index (Phi) is 3.11. The number of esters is 1. The van der Waals surface area contributed by atoms with Gasteiger partial charge in [-0.15, -0.1) is 0 Å². The third kappa shape index (κ3) is 2.15. The Bertz CT molecular complexity index is 398. The van der Waals surface area contributed by atoms with E-state index in [1.165, 1.54) is 13.2 Å². The average Bonchev–Trinajstić information content (AvgIpc) is 2.65. The van der Waals surface area contributed by atoms with Crippen LogP contribution in [-0.4, -0.2) is 36.9 Å². The third-order valence-corrected chi connectivity index (χ3v) is 3.37. The summed E-state index contributed by atoms with van der Waals surface area (Å²) in [7, 11) is 1.32. The van der Waals surface area contributed by atoms with Crippen LogP contribution in [0.25, 0.3) is 0 Å². The third-order valence-electron chi connectivity index (χ3n) is 3.37. The molecular weight excluding hydrogens is 224 g/mol. The first-order valence-electron chi connectivity index (χ1n) is 5.53. The maximum Gasteiger partial charge on any atom is 0.305 e. The molecule has 1 fully saturated rings. The fraction of sp³-hybridized carbons (Fsp3) is 0.583. The standard InChI is InChI=1S/C12H14O5/c1-16-11(15)3-5-12-4-2-8(13)6-9(12)10(14)7-17-12/h2,4,9H,3,5-7H2,1H3/t9-,12+/m1/s1. The van der Waals surface area contributed by atoms with E-state index in [-0.39, 0.29) is 37.0 Å². The van der Waals surface area contributed by atoms with Crippen LogP contribution in [0.15, 0.2) is 12.2 Å². The molecule has 0 amide bonds. The second kappa shape index (κ2) is 4.41. The van der Waals surface area contributed by atoms with E-state index in [0.717, 1.165) is 0 Å². The molecule has 0 aromatic heterocycles. The van der Waals surface area contributed by atoms with E-state index < -0.39 is 11.5 Å². The molecule has 2 rings (SSSR count). The van der Waals surface area contributed by atoms with Gasteiger partial charge in [-0.2, -0.15) is 0 Å². The zero-order chi connectivity index (χ0) is 12.5. The highest BCUT2D eigenvalue weighted by Crippen LogP contribution is 2.40. The summed E-state index contributed by atoms with van der Waals surface area (Å²) in [6.07, 6.45) is 3.79. The predicted molar refractivity (Wildman–Crippen MR) is 57.2 cm³/mol. The fourth-order valence-corrected chi connectivity index (χ4v) is 2.36. The highest BCUT2D eigenvalue weighted by atomic mass is 16.5. The molecule has 17 heavy (non-hydrogen) atoms. The number of carbonyl (C=O) groups is 3. The number of rotatable bonds is 3. The molecule has 5 heteroatoms. The summed E-state index contributed by atoms with van der Waals surface area (Å²) in [5.41, 5.74) is -0.779. The molecule has 0 spiro atoms. The summed E-state index contributed by atoms with van der Waals surface area (Å²) in [4.78, 5) is 34.1. The van der Waals surface area contributed by atoms with Crippen molar-refractivity contribution in [2.75, 3.05) is 13.7 Å². The fourth-order valence-electron chi connectivity index (χ4n) is 2.36. The zero-order valence-electron chi connectivity index (χ0n) is 9.60. The molecule has 2 aliphatic rings. The first-order valence-corrected chi connectivity index (χ1v) is 5.53. The number of allylic oxidation sites excluding steroid dienone is 1. The van der Waals surface area contributed by atoms with E-state index in [0.29, 0.717) is 6.42 Å². The number of ether oxygens (including phenoxy) is 2. The van der Waals surface area contributed by atoms with Crippen molar-refractivity contribution in [2.24, 2.45) is 5.92 Å². The highest BCUT2D eigenvalue weighted by Gasteiger charge is 2.50. The summed E-state index contributed by atoms with van der Waals surface area (Å²) in [5.74, 6) is -0.911. The monoisotopic (exact) mass is 238 g/mol. The van der Waals surface area contributed by atoms with E-state index in [9.17, 15) is 14.4 Å². The Hall–Kier alpha value is -1.49. The number of fused-ring (bicyclic) bond motifs is 1. The lowest BCUT2D eigenvalue weighted by Gasteiger charge is -2.32. The Balaban J connectivity index is 2.15. The summed E-state index contributed by atoms with van der Waals surface area (Å²) in [5, 5.41) is 0. The predicted octanol–water partition coefficient (Wildman–Crippen LogP) is 0.423. The summed E-state index contributed by atoms with van der Waals surface area (Å²) in [6, 6.07) is 0. The topological polar surface area (TPSA) is 69.7 Å². The van der Waals surface area contributed by atoms with Gasteiger partial charge in [-0.3, -0.25) is 14.4 Å². The van der Waals surface area contributed by atoms with Crippen molar-refractivity contribution < 1.29 is 23.9 Å². The number of carbonyl (C=O) groups excluding carboxylic acids is 3. The van der Waals surface area contributed by atoms with Gasteiger partial charge in [-0.05, 0) is 18.6 Å². The molecule has 0 N–H and O–H groups in total. The molecule has 0 unspecified atom stereocenters. The molecular formula is C12H14O5. The maximum absolute atomic E-state index is 11.6. The summed E-state index contributed by atoms with van der Waals surface area (Å²) in [6.45, 7) is 0.0173. The lowest BCUT2D eigenvalue weighted by Crippen LogP contribution is -2.39. The van der Waals surface area contributed by atoms with E-state index in [1.54, 1.807) is 6.08 Å². The molecule has 0 aromatic rings. The van der Waals surface area contributed by atoms with Gasteiger partial charge in [0.1, 0.15) is 6.61 Å². The van der Waals surface area contributed by atoms with Gasteiger partial charge in [0.05, 0.1) is 18.6 Å². The minimum absolute atomic E-state index is 0.0173. The van der Waals surface area contributed by atoms with E-state index in [1.807, 2.05) is 0 Å². The molecule has 0 aromatic carbocycles. The molecule has 0 saturated carbocycles. The van der Waals surface area contributed by atoms with Crippen LogP contribution in [0, 0.1) is 5.92 Å². The van der Waals surface area contributed by atoms with Gasteiger partial charge in [-0.25, -0.2) is 0 Å². The van der Waals surface area contributed by atoms with Crippen LogP contribution in [0.3, 0.4) is 0 Å². The van der Waals surface area contributed by atoms with Crippen LogP contribution in [0.5, 0.6) is 0 Å². The summed E-state index contributed by atoms with van der Waals surface area (Å²) >= 11 is 0. The molecule has 1 aliphatic carbocycles. The van der Waals surface area contributed by atoms with E-state index in [4.69, 9.17) is 4.74 Å². The van der Waals surface area contributed by atoms with Gasteiger partial charge in [0.2, 0.25) is 0 Å². The van der Waals surface area contributed by atoms with Crippen LogP contribution in [0.2, 0.25) is 0 Å². The Labute approximate surface area is 98.8 Å². The van der Waals surface area contributed by atoms with Crippen molar-refractivity contribution in [2.45, 2.75) is 24.9 Å². The largest absolute Gasteiger partial charge is 0.469 e. The quantitative estimate of drug-likeness (QED) is 0.666. The number of hydrogen-bond donors (Lipinski definition) is 0. The Morgan fingerprint density at radius 1 is 1.59 bits per heavy atom. The zero-order valence-corrected chi connectivity index (χ0v) is 9.60. The maximum atomic E-state index is 11.6. The van der Waals surface area contributed by atoms with Gasteiger partial charge in [0.25, 0.3) is 0 Å². The minimum Gasteiger partial charge on any atom is -0.469 e. The summed E-state index contributed by atoms with van der Waals surface area (Å²) < 4.78 is 10.1. The Morgan fingerprint density at radius 2 is 2.35 bits per heavy atom. The minimum atomic E-state index is -0.779. The molecule has 0 bridgehead atoms. The Morgan fingerprint density at radius 3 is 3.06 bits per heavy atom. The van der Waals surface area contributed by atoms with Crippen LogP contribution in [0.4, 0.5) is 0 Å². The van der Waals surface area contributed by atoms with Crippen molar-refractivity contribution in [1.29, 1.82) is 0 Å². The number of ketones is 2. The SMILES string of the molecule is COC(=O)CC[C@@]12C=CC(=O)C[C@@H]1C(=O)CO2. The second-order valence-corrected chi connectivity index (χ2v) is 4.34. The second-order valence-electron chi connectivity index (χ2n) is 4.34. The van der Waals surface area contributed by atoms with Gasteiger partial charge in [0, 0.05) is 12.8 Å².